The average molecular weight is 294 g/mol. The maximum atomic E-state index is 12.1. The van der Waals surface area contributed by atoms with Crippen molar-refractivity contribution in [3.05, 3.63) is 0 Å². The largest absolute Gasteiger partial charge is 0.444 e. The lowest BCUT2D eigenvalue weighted by atomic mass is 9.91. The van der Waals surface area contributed by atoms with Gasteiger partial charge in [-0.15, -0.1) is 0 Å². The third-order valence-electron chi connectivity index (χ3n) is 4.30. The first-order chi connectivity index (χ1) is 9.84. The van der Waals surface area contributed by atoms with E-state index in [0.29, 0.717) is 5.92 Å². The Morgan fingerprint density at radius 1 is 1.43 bits per heavy atom. The van der Waals surface area contributed by atoms with Crippen LogP contribution in [0, 0.1) is 5.92 Å². The topological polar surface area (TPSA) is 59.0 Å². The van der Waals surface area contributed by atoms with E-state index in [9.17, 15) is 9.59 Å². The van der Waals surface area contributed by atoms with Crippen LogP contribution in [-0.4, -0.2) is 41.3 Å². The summed E-state index contributed by atoms with van der Waals surface area (Å²) in [6, 6.07) is 0. The van der Waals surface area contributed by atoms with Crippen molar-refractivity contribution < 1.29 is 14.3 Å². The SMILES string of the molecule is CC(C)(C)OC(=O)N1CCCC(CCC2(N=C=O)CC2)C1. The summed E-state index contributed by atoms with van der Waals surface area (Å²) in [4.78, 5) is 28.3. The molecule has 2 fully saturated rings. The van der Waals surface area contributed by atoms with E-state index in [1.165, 1.54) is 0 Å². The molecule has 1 aliphatic heterocycles. The van der Waals surface area contributed by atoms with Gasteiger partial charge in [0.1, 0.15) is 5.60 Å². The fourth-order valence-electron chi connectivity index (χ4n) is 2.92. The molecule has 0 aromatic carbocycles. The Morgan fingerprint density at radius 3 is 2.71 bits per heavy atom. The van der Waals surface area contributed by atoms with Crippen molar-refractivity contribution in [1.29, 1.82) is 0 Å². The Morgan fingerprint density at radius 2 is 2.14 bits per heavy atom. The van der Waals surface area contributed by atoms with Gasteiger partial charge in [0, 0.05) is 13.1 Å². The Hall–Kier alpha value is -1.35. The highest BCUT2D eigenvalue weighted by Gasteiger charge is 2.43. The zero-order valence-corrected chi connectivity index (χ0v) is 13.4. The van der Waals surface area contributed by atoms with Gasteiger partial charge in [0.15, 0.2) is 0 Å². The van der Waals surface area contributed by atoms with Gasteiger partial charge in [0.05, 0.1) is 5.54 Å². The average Bonchev–Trinajstić information content (AvgIpc) is 3.16. The summed E-state index contributed by atoms with van der Waals surface area (Å²) in [5, 5.41) is 0. The van der Waals surface area contributed by atoms with Crippen LogP contribution in [0.4, 0.5) is 4.79 Å². The maximum absolute atomic E-state index is 12.1. The van der Waals surface area contributed by atoms with Crippen LogP contribution in [0.15, 0.2) is 4.99 Å². The summed E-state index contributed by atoms with van der Waals surface area (Å²) >= 11 is 0. The summed E-state index contributed by atoms with van der Waals surface area (Å²) in [6.45, 7) is 7.21. The molecule has 1 amide bonds. The second kappa shape index (κ2) is 6.18. The Labute approximate surface area is 126 Å². The van der Waals surface area contributed by atoms with Crippen molar-refractivity contribution in [2.45, 2.75) is 70.4 Å². The van der Waals surface area contributed by atoms with Gasteiger partial charge < -0.3 is 9.64 Å². The van der Waals surface area contributed by atoms with Crippen LogP contribution in [-0.2, 0) is 9.53 Å². The van der Waals surface area contributed by atoms with E-state index in [1.54, 1.807) is 6.08 Å². The number of hydrogen-bond acceptors (Lipinski definition) is 4. The zero-order chi connectivity index (χ0) is 15.5. The maximum Gasteiger partial charge on any atom is 0.410 e. The molecule has 0 spiro atoms. The zero-order valence-electron chi connectivity index (χ0n) is 13.4. The van der Waals surface area contributed by atoms with E-state index in [0.717, 1.165) is 51.6 Å². The van der Waals surface area contributed by atoms with E-state index in [2.05, 4.69) is 4.99 Å². The molecule has 0 radical (unpaired) electrons. The van der Waals surface area contributed by atoms with Gasteiger partial charge in [0.25, 0.3) is 0 Å². The Balaban J connectivity index is 1.81. The summed E-state index contributed by atoms with van der Waals surface area (Å²) in [5.41, 5.74) is -0.559. The Bertz CT molecular complexity index is 431. The summed E-state index contributed by atoms with van der Waals surface area (Å²) in [7, 11) is 0. The number of isocyanates is 1. The van der Waals surface area contributed by atoms with Gasteiger partial charge >= 0.3 is 6.09 Å². The molecule has 0 aromatic rings. The number of ether oxygens (including phenoxy) is 1. The molecule has 0 N–H and O–H groups in total. The second-order valence-corrected chi connectivity index (χ2v) is 7.40. The highest BCUT2D eigenvalue weighted by Crippen LogP contribution is 2.44. The molecule has 1 aliphatic carbocycles. The van der Waals surface area contributed by atoms with Crippen molar-refractivity contribution in [2.24, 2.45) is 10.9 Å². The van der Waals surface area contributed by atoms with Crippen molar-refractivity contribution in [2.75, 3.05) is 13.1 Å². The highest BCUT2D eigenvalue weighted by molar-refractivity contribution is 5.68. The van der Waals surface area contributed by atoms with E-state index >= 15 is 0 Å². The molecule has 2 rings (SSSR count). The lowest BCUT2D eigenvalue weighted by Crippen LogP contribution is -2.43. The minimum atomic E-state index is -0.444. The second-order valence-electron chi connectivity index (χ2n) is 7.40. The van der Waals surface area contributed by atoms with E-state index in [-0.39, 0.29) is 11.6 Å². The lowest BCUT2D eigenvalue weighted by Gasteiger charge is -2.34. The number of likely N-dealkylation sites (tertiary alicyclic amines) is 1. The smallest absolute Gasteiger partial charge is 0.410 e. The summed E-state index contributed by atoms with van der Waals surface area (Å²) < 4.78 is 5.44. The molecule has 118 valence electrons. The summed E-state index contributed by atoms with van der Waals surface area (Å²) in [5.74, 6) is 0.491. The van der Waals surface area contributed by atoms with Gasteiger partial charge in [-0.3, -0.25) is 0 Å². The molecule has 1 saturated heterocycles. The molecule has 1 saturated carbocycles. The molecule has 5 heteroatoms. The third kappa shape index (κ3) is 4.85. The predicted octanol–water partition coefficient (Wildman–Crippen LogP) is 3.28. The van der Waals surface area contributed by atoms with Crippen LogP contribution in [0.2, 0.25) is 0 Å². The number of aliphatic imine (C=N–C) groups is 1. The van der Waals surface area contributed by atoms with Gasteiger partial charge in [-0.25, -0.2) is 9.59 Å². The fourth-order valence-corrected chi connectivity index (χ4v) is 2.92. The van der Waals surface area contributed by atoms with Crippen LogP contribution >= 0.6 is 0 Å². The summed E-state index contributed by atoms with van der Waals surface area (Å²) in [6.07, 6.45) is 7.62. The molecular formula is C16H26N2O3. The van der Waals surface area contributed by atoms with Crippen molar-refractivity contribution in [1.82, 2.24) is 4.90 Å². The van der Waals surface area contributed by atoms with Crippen LogP contribution in [0.3, 0.4) is 0 Å². The minimum absolute atomic E-state index is 0.115. The lowest BCUT2D eigenvalue weighted by molar-refractivity contribution is 0.0160. The normalized spacial score (nSPS) is 24.1. The molecule has 1 unspecified atom stereocenters. The van der Waals surface area contributed by atoms with Crippen LogP contribution < -0.4 is 0 Å². The van der Waals surface area contributed by atoms with Crippen molar-refractivity contribution in [3.8, 4) is 0 Å². The first-order valence-corrected chi connectivity index (χ1v) is 7.91. The van der Waals surface area contributed by atoms with E-state index < -0.39 is 5.60 Å². The van der Waals surface area contributed by atoms with Gasteiger partial charge in [-0.1, -0.05) is 0 Å². The third-order valence-corrected chi connectivity index (χ3v) is 4.30. The molecule has 21 heavy (non-hydrogen) atoms. The standard InChI is InChI=1S/C16H26N2O3/c1-15(2,3)21-14(20)18-10-4-5-13(11-18)6-7-16(8-9-16)17-12-19/h13H,4-11H2,1-3H3. The van der Waals surface area contributed by atoms with Gasteiger partial charge in [-0.05, 0) is 65.2 Å². The quantitative estimate of drug-likeness (QED) is 0.590. The van der Waals surface area contributed by atoms with Crippen LogP contribution in [0.25, 0.3) is 0 Å². The van der Waals surface area contributed by atoms with Crippen molar-refractivity contribution >= 4 is 12.2 Å². The highest BCUT2D eigenvalue weighted by atomic mass is 16.6. The first kappa shape index (κ1) is 16.0. The molecule has 0 aromatic heterocycles. The Kier molecular flexibility index (Phi) is 4.72. The van der Waals surface area contributed by atoms with E-state index in [1.807, 2.05) is 25.7 Å². The number of piperidine rings is 1. The van der Waals surface area contributed by atoms with Gasteiger partial charge in [0.2, 0.25) is 6.08 Å². The van der Waals surface area contributed by atoms with Crippen molar-refractivity contribution in [3.63, 3.8) is 0 Å². The molecule has 1 heterocycles. The minimum Gasteiger partial charge on any atom is -0.444 e. The molecular weight excluding hydrogens is 268 g/mol. The predicted molar refractivity (Wildman–Crippen MR) is 79.9 cm³/mol. The first-order valence-electron chi connectivity index (χ1n) is 7.91. The number of carbonyl (C=O) groups is 1. The number of nitrogens with zero attached hydrogens (tertiary/aromatic N) is 2. The number of amides is 1. The molecule has 2 aliphatic rings. The number of carbonyl (C=O) groups excluding carboxylic acids is 2. The van der Waals surface area contributed by atoms with Gasteiger partial charge in [-0.2, -0.15) is 4.99 Å². The fraction of sp³-hybridized carbons (Fsp3) is 0.875. The van der Waals surface area contributed by atoms with Crippen LogP contribution in [0.5, 0.6) is 0 Å². The van der Waals surface area contributed by atoms with Crippen LogP contribution in [0.1, 0.15) is 59.3 Å². The number of hydrogen-bond donors (Lipinski definition) is 0. The number of rotatable bonds is 4. The molecule has 5 nitrogen and oxygen atoms in total. The monoisotopic (exact) mass is 294 g/mol. The van der Waals surface area contributed by atoms with E-state index in [4.69, 9.17) is 4.74 Å². The molecule has 1 atom stereocenters. The molecule has 0 bridgehead atoms.